The van der Waals surface area contributed by atoms with Gasteiger partial charge in [-0.25, -0.2) is 0 Å². The zero-order valence-corrected chi connectivity index (χ0v) is 69.8. The standard InChI is InChI=1S/2C20H35O3P3.2C20H33OP.CH4/c1-3-5-13-19(22-25)15-9-6-7-10-16-20(23-26)17-12-8-11-14-18(4-2)21-24;1-3-5-11-14-18(21-24)15-12-9-7-8-10-13-17-20(23-26)19(22-25)16-6-4-2;1-3-5-6-7-8-9-10-11-12-13-14-15-16-17-18-19-20(4-2)21-22;1-3-5-7-8-9-10-11-12-13-14-15-17-19-20(21-22)18-16-6-4-2;/h6-12,14-16,18-20H,3-5,13,17,24-26H2,1-2H3;5,7-13,15,17-20H,3-4,6,14,16,24-26H2,1-2H3;7-8,10-11,13-16,18-20H,3-6,9,12,17,22H2,1-2H3;6,8-9,11-12,14-17,19-20H,3-5,7,10,13,18,22H2,1-2H3;1H4/b7-6+,12-8-,14-11+,15-9-,16-10+;9-7-,10-8+,11-5-,15-12+,17-13+;8-7-,11-10-,14-13-,16-15+,19-18+;9-8-,12-11-,15-14-,16-6-,19-17+;. The lowest BCUT2D eigenvalue weighted by Crippen LogP contribution is -2.25. The molecule has 97 heavy (non-hydrogen) atoms. The first kappa shape index (κ1) is 104. The van der Waals surface area contributed by atoms with Crippen LogP contribution in [0.25, 0.3) is 0 Å². The number of hydrogen-bond acceptors (Lipinski definition) is 8. The minimum absolute atomic E-state index is 0. The number of rotatable bonds is 56. The quantitative estimate of drug-likeness (QED) is 0.0258. The van der Waals surface area contributed by atoms with Gasteiger partial charge in [0.25, 0.3) is 0 Å². The molecule has 0 rings (SSSR count). The molecule has 0 aliphatic heterocycles. The molecule has 0 aromatic rings. The smallest absolute Gasteiger partial charge is 0.106 e. The molecule has 0 fully saturated rings. The molecule has 552 valence electrons. The van der Waals surface area contributed by atoms with Gasteiger partial charge in [0.05, 0.1) is 42.7 Å². The van der Waals surface area contributed by atoms with Gasteiger partial charge in [-0.05, 0) is 103 Å². The van der Waals surface area contributed by atoms with Crippen LogP contribution in [0.15, 0.2) is 243 Å². The summed E-state index contributed by atoms with van der Waals surface area (Å²) >= 11 is 0. The summed E-state index contributed by atoms with van der Waals surface area (Å²) in [6.45, 7) is 17.3. The highest BCUT2D eigenvalue weighted by Crippen LogP contribution is 2.19. The Kier molecular flexibility index (Phi) is 98.1. The van der Waals surface area contributed by atoms with Crippen LogP contribution in [0.3, 0.4) is 0 Å². The van der Waals surface area contributed by atoms with Gasteiger partial charge in [-0.1, -0.05) is 357 Å². The van der Waals surface area contributed by atoms with E-state index in [1.807, 2.05) is 97.2 Å². The van der Waals surface area contributed by atoms with Gasteiger partial charge in [-0.15, -0.1) is 0 Å². The summed E-state index contributed by atoms with van der Waals surface area (Å²) in [5, 5.41) is 0. The zero-order valence-electron chi connectivity index (χ0n) is 60.6. The second-order valence-corrected chi connectivity index (χ2v) is 24.0. The molecular weight excluding hydrogens is 1350 g/mol. The van der Waals surface area contributed by atoms with Crippen molar-refractivity contribution in [1.82, 2.24) is 0 Å². The van der Waals surface area contributed by atoms with Crippen LogP contribution in [0.2, 0.25) is 0 Å². The maximum Gasteiger partial charge on any atom is 0.106 e. The van der Waals surface area contributed by atoms with Crippen molar-refractivity contribution >= 4 is 75.7 Å². The van der Waals surface area contributed by atoms with Gasteiger partial charge in [0.2, 0.25) is 0 Å². The maximum atomic E-state index is 5.45. The summed E-state index contributed by atoms with van der Waals surface area (Å²) in [6.07, 6.45) is 111. The van der Waals surface area contributed by atoms with E-state index in [0.29, 0.717) is 0 Å². The topological polar surface area (TPSA) is 73.8 Å². The fourth-order valence-electron chi connectivity index (χ4n) is 7.82. The average Bonchev–Trinajstić information content (AvgIpc) is 3.57. The van der Waals surface area contributed by atoms with Crippen LogP contribution in [0.4, 0.5) is 0 Å². The largest absolute Gasteiger partial charge is 0.359 e. The van der Waals surface area contributed by atoms with Crippen molar-refractivity contribution in [2.45, 2.75) is 266 Å². The second-order valence-electron chi connectivity index (χ2n) is 21.8. The summed E-state index contributed by atoms with van der Waals surface area (Å²) in [7, 11) is 18.6. The maximum absolute atomic E-state index is 5.45. The van der Waals surface area contributed by atoms with Crippen LogP contribution in [0.5, 0.6) is 0 Å². The summed E-state index contributed by atoms with van der Waals surface area (Å²) in [4.78, 5) is 0. The lowest BCUT2D eigenvalue weighted by molar-refractivity contribution is 0.105. The Morgan fingerprint density at radius 1 is 0.247 bits per heavy atom. The number of allylic oxidation sites excluding steroid dienone is 30. The highest BCUT2D eigenvalue weighted by atomic mass is 31.0. The molecule has 16 heteroatoms. The van der Waals surface area contributed by atoms with Crippen LogP contribution in [-0.4, -0.2) is 48.8 Å². The normalized spacial score (nSPS) is 15.5. The van der Waals surface area contributed by atoms with Gasteiger partial charge in [-0.2, -0.15) is 0 Å². The molecule has 0 heterocycles. The molecule has 0 amide bonds. The van der Waals surface area contributed by atoms with Crippen LogP contribution < -0.4 is 0 Å². The third-order valence-electron chi connectivity index (χ3n) is 13.7. The molecule has 8 nitrogen and oxygen atoms in total. The van der Waals surface area contributed by atoms with Crippen LogP contribution in [0.1, 0.15) is 217 Å². The van der Waals surface area contributed by atoms with Gasteiger partial charge < -0.3 is 36.2 Å². The SMILES string of the molecule is C.CC/C=C\CC(/C=C/C=C\C/C=C\C/C=C\CCCC)OP.CC/C=C\CC(/C=C/C=C\C=C\C=C\C(OP)C(CCCC)OP)OP.CCCC/C=C\C/C=C\C/C=C\C=C\C/C=C/C(CC)OP.CCCCC(\C=C/C=C/C=C/C(C/C=C\C=C\C(CC)OP)OP)OP. The first-order valence-corrected chi connectivity index (χ1v) is 39.0. The van der Waals surface area contributed by atoms with E-state index in [9.17, 15) is 0 Å². The predicted octanol–water partition coefficient (Wildman–Crippen LogP) is 26.6. The second kappa shape index (κ2) is 91.9. The lowest BCUT2D eigenvalue weighted by Gasteiger charge is -2.21. The summed E-state index contributed by atoms with van der Waals surface area (Å²) in [6, 6.07) is 0. The Labute approximate surface area is 616 Å². The Bertz CT molecular complexity index is 2260. The summed E-state index contributed by atoms with van der Waals surface area (Å²) in [5.41, 5.74) is 0. The Hall–Kier alpha value is -2.08. The first-order valence-electron chi connectivity index (χ1n) is 35.2. The molecule has 0 bridgehead atoms. The Morgan fingerprint density at radius 3 is 0.959 bits per heavy atom. The van der Waals surface area contributed by atoms with Crippen molar-refractivity contribution in [1.29, 1.82) is 0 Å². The minimum atomic E-state index is -0.0753. The van der Waals surface area contributed by atoms with E-state index in [2.05, 4.69) is 277 Å². The number of hydrogen-bond donors (Lipinski definition) is 0. The highest BCUT2D eigenvalue weighted by molar-refractivity contribution is 7.11. The van der Waals surface area contributed by atoms with Crippen molar-refractivity contribution in [3.05, 3.63) is 243 Å². The minimum Gasteiger partial charge on any atom is -0.359 e. The molecule has 0 saturated heterocycles. The Morgan fingerprint density at radius 2 is 0.567 bits per heavy atom. The third kappa shape index (κ3) is 81.1. The van der Waals surface area contributed by atoms with E-state index in [0.717, 1.165) is 103 Å². The van der Waals surface area contributed by atoms with Gasteiger partial charge in [0.15, 0.2) is 0 Å². The fourth-order valence-corrected chi connectivity index (χ4v) is 9.77. The molecule has 0 spiro atoms. The predicted molar refractivity (Wildman–Crippen MR) is 462 cm³/mol. The molecule has 0 aliphatic rings. The zero-order chi connectivity index (χ0) is 71.5. The van der Waals surface area contributed by atoms with Crippen LogP contribution in [-0.2, 0) is 36.2 Å². The van der Waals surface area contributed by atoms with Gasteiger partial charge in [0, 0.05) is 75.7 Å². The van der Waals surface area contributed by atoms with E-state index in [4.69, 9.17) is 36.2 Å². The first-order chi connectivity index (χ1) is 47.1. The monoisotopic (exact) mass is 1490 g/mol. The highest BCUT2D eigenvalue weighted by Gasteiger charge is 2.17. The molecule has 0 aromatic carbocycles. The molecule has 0 radical (unpaired) electrons. The molecule has 0 aliphatic carbocycles. The van der Waals surface area contributed by atoms with Gasteiger partial charge >= 0.3 is 0 Å². The van der Waals surface area contributed by atoms with E-state index < -0.39 is 0 Å². The molecule has 0 aromatic heterocycles. The van der Waals surface area contributed by atoms with Crippen molar-refractivity contribution in [3.8, 4) is 0 Å². The summed E-state index contributed by atoms with van der Waals surface area (Å²) < 4.78 is 42.7. The third-order valence-corrected chi connectivity index (χ3v) is 16.4. The summed E-state index contributed by atoms with van der Waals surface area (Å²) in [5.74, 6) is 0. The average molecular weight is 1490 g/mol. The Balaban J connectivity index is -0.000000388. The molecular formula is C81H140O8P8. The lowest BCUT2D eigenvalue weighted by atomic mass is 10.1. The van der Waals surface area contributed by atoms with Crippen molar-refractivity contribution in [2.75, 3.05) is 0 Å². The van der Waals surface area contributed by atoms with E-state index in [1.165, 1.54) is 51.4 Å². The van der Waals surface area contributed by atoms with Crippen LogP contribution >= 0.6 is 75.7 Å². The van der Waals surface area contributed by atoms with E-state index >= 15 is 0 Å². The van der Waals surface area contributed by atoms with E-state index in [-0.39, 0.29) is 56.3 Å². The van der Waals surface area contributed by atoms with Gasteiger partial charge in [0.1, 0.15) is 6.10 Å². The van der Waals surface area contributed by atoms with Crippen molar-refractivity contribution < 1.29 is 36.2 Å². The van der Waals surface area contributed by atoms with Crippen LogP contribution in [0, 0.1) is 0 Å². The molecule has 16 atom stereocenters. The van der Waals surface area contributed by atoms with Crippen molar-refractivity contribution in [3.63, 3.8) is 0 Å². The number of unbranched alkanes of at least 4 members (excludes halogenated alkanes) is 6. The molecule has 16 unspecified atom stereocenters. The molecule has 0 N–H and O–H groups in total. The van der Waals surface area contributed by atoms with E-state index in [1.54, 1.807) is 0 Å². The fraction of sp³-hybridized carbons (Fsp3) is 0.506. The van der Waals surface area contributed by atoms with Gasteiger partial charge in [-0.3, -0.25) is 0 Å². The molecule has 0 saturated carbocycles. The van der Waals surface area contributed by atoms with Crippen molar-refractivity contribution in [2.24, 2.45) is 0 Å².